The number of nitrogens with zero attached hydrogens (tertiary/aromatic N) is 2. The molecule has 0 fully saturated rings. The monoisotopic (exact) mass is 394 g/mol. The number of carbonyl (C=O) groups excluding carboxylic acids is 1. The molecule has 0 radical (unpaired) electrons. The van der Waals surface area contributed by atoms with E-state index in [9.17, 15) is 4.79 Å². The van der Waals surface area contributed by atoms with Crippen molar-refractivity contribution in [2.75, 3.05) is 20.3 Å². The Morgan fingerprint density at radius 1 is 1.21 bits per heavy atom. The SMILES string of the molecule is COc1ccccc1C(NC(=O)NCCOc1cccc(C)c1)c1nccn1C. The van der Waals surface area contributed by atoms with Gasteiger partial charge in [-0.15, -0.1) is 0 Å². The summed E-state index contributed by atoms with van der Waals surface area (Å²) in [5, 5.41) is 5.82. The van der Waals surface area contributed by atoms with Crippen molar-refractivity contribution in [1.82, 2.24) is 20.2 Å². The highest BCUT2D eigenvalue weighted by Gasteiger charge is 2.23. The van der Waals surface area contributed by atoms with Crippen molar-refractivity contribution in [2.45, 2.75) is 13.0 Å². The molecule has 152 valence electrons. The molecule has 1 atom stereocenters. The van der Waals surface area contributed by atoms with Gasteiger partial charge in [-0.3, -0.25) is 0 Å². The number of methoxy groups -OCH3 is 1. The maximum absolute atomic E-state index is 12.5. The van der Waals surface area contributed by atoms with Crippen LogP contribution in [0.15, 0.2) is 60.9 Å². The first-order valence-corrected chi connectivity index (χ1v) is 9.42. The molecule has 1 heterocycles. The van der Waals surface area contributed by atoms with Crippen LogP contribution in [0.3, 0.4) is 0 Å². The Kier molecular flexibility index (Phi) is 6.73. The standard InChI is InChI=1S/C22H26N4O3/c1-16-7-6-8-17(15-16)29-14-12-24-22(27)25-20(21-23-11-13-26(21)2)18-9-4-5-10-19(18)28-3/h4-11,13,15,20H,12,14H2,1-3H3,(H2,24,25,27). The summed E-state index contributed by atoms with van der Waals surface area (Å²) in [6.45, 7) is 2.76. The first kappa shape index (κ1) is 20.3. The largest absolute Gasteiger partial charge is 0.496 e. The average molecular weight is 394 g/mol. The summed E-state index contributed by atoms with van der Waals surface area (Å²) in [4.78, 5) is 16.9. The summed E-state index contributed by atoms with van der Waals surface area (Å²) < 4.78 is 13.0. The van der Waals surface area contributed by atoms with Crippen LogP contribution in [0.1, 0.15) is 23.0 Å². The minimum Gasteiger partial charge on any atom is -0.496 e. The molecule has 2 aromatic carbocycles. The Labute approximate surface area is 170 Å². The number of imidazole rings is 1. The summed E-state index contributed by atoms with van der Waals surface area (Å²) in [6.07, 6.45) is 3.54. The van der Waals surface area contributed by atoms with Gasteiger partial charge in [-0.25, -0.2) is 9.78 Å². The van der Waals surface area contributed by atoms with Crippen LogP contribution in [0.2, 0.25) is 0 Å². The summed E-state index contributed by atoms with van der Waals surface area (Å²) >= 11 is 0. The third kappa shape index (κ3) is 5.28. The van der Waals surface area contributed by atoms with E-state index in [2.05, 4.69) is 15.6 Å². The van der Waals surface area contributed by atoms with Crippen molar-refractivity contribution < 1.29 is 14.3 Å². The second-order valence-corrected chi connectivity index (χ2v) is 6.64. The van der Waals surface area contributed by atoms with E-state index in [-0.39, 0.29) is 6.03 Å². The van der Waals surface area contributed by atoms with E-state index in [1.165, 1.54) is 0 Å². The van der Waals surface area contributed by atoms with Crippen LogP contribution in [-0.4, -0.2) is 35.8 Å². The summed E-state index contributed by atoms with van der Waals surface area (Å²) in [5.74, 6) is 2.18. The van der Waals surface area contributed by atoms with Crippen LogP contribution in [0.5, 0.6) is 11.5 Å². The van der Waals surface area contributed by atoms with Crippen molar-refractivity contribution in [3.8, 4) is 11.5 Å². The number of ether oxygens (including phenoxy) is 2. The molecule has 2 N–H and O–H groups in total. The van der Waals surface area contributed by atoms with Crippen LogP contribution < -0.4 is 20.1 Å². The predicted molar refractivity (Wildman–Crippen MR) is 111 cm³/mol. The lowest BCUT2D eigenvalue weighted by atomic mass is 10.0. The van der Waals surface area contributed by atoms with Crippen molar-refractivity contribution in [1.29, 1.82) is 0 Å². The Hall–Kier alpha value is -3.48. The molecule has 3 rings (SSSR count). The number of nitrogens with one attached hydrogen (secondary N) is 2. The normalized spacial score (nSPS) is 11.6. The number of para-hydroxylation sites is 1. The van der Waals surface area contributed by atoms with Crippen molar-refractivity contribution in [2.24, 2.45) is 7.05 Å². The van der Waals surface area contributed by atoms with Gasteiger partial charge >= 0.3 is 6.03 Å². The lowest BCUT2D eigenvalue weighted by molar-refractivity contribution is 0.233. The van der Waals surface area contributed by atoms with Gasteiger partial charge in [-0.2, -0.15) is 0 Å². The molecular formula is C22H26N4O3. The van der Waals surface area contributed by atoms with Gasteiger partial charge in [-0.05, 0) is 30.7 Å². The number of aryl methyl sites for hydroxylation is 2. The molecule has 0 spiro atoms. The van der Waals surface area contributed by atoms with Crippen LogP contribution in [0.25, 0.3) is 0 Å². The summed E-state index contributed by atoms with van der Waals surface area (Å²) in [6, 6.07) is 14.6. The van der Waals surface area contributed by atoms with Gasteiger partial charge in [0, 0.05) is 25.0 Å². The Balaban J connectivity index is 1.63. The fourth-order valence-electron chi connectivity index (χ4n) is 3.06. The van der Waals surface area contributed by atoms with Crippen LogP contribution in [0, 0.1) is 6.92 Å². The quantitative estimate of drug-likeness (QED) is 0.575. The number of hydrogen-bond acceptors (Lipinski definition) is 4. The minimum absolute atomic E-state index is 0.309. The molecule has 2 amide bonds. The third-order valence-electron chi connectivity index (χ3n) is 4.49. The molecule has 29 heavy (non-hydrogen) atoms. The number of benzene rings is 2. The molecular weight excluding hydrogens is 368 g/mol. The zero-order chi connectivity index (χ0) is 20.6. The van der Waals surface area contributed by atoms with Crippen LogP contribution >= 0.6 is 0 Å². The molecule has 1 unspecified atom stereocenters. The number of amides is 2. The minimum atomic E-state index is -0.455. The van der Waals surface area contributed by atoms with Crippen molar-refractivity contribution in [3.63, 3.8) is 0 Å². The maximum Gasteiger partial charge on any atom is 0.315 e. The smallest absolute Gasteiger partial charge is 0.315 e. The van der Waals surface area contributed by atoms with E-state index in [4.69, 9.17) is 9.47 Å². The molecule has 3 aromatic rings. The fourth-order valence-corrected chi connectivity index (χ4v) is 3.06. The lowest BCUT2D eigenvalue weighted by Gasteiger charge is -2.21. The van der Waals surface area contributed by atoms with Gasteiger partial charge in [0.05, 0.1) is 13.7 Å². The molecule has 0 aliphatic carbocycles. The number of urea groups is 1. The van der Waals surface area contributed by atoms with E-state index in [1.54, 1.807) is 13.3 Å². The number of aromatic nitrogens is 2. The van der Waals surface area contributed by atoms with E-state index in [0.29, 0.717) is 24.7 Å². The zero-order valence-corrected chi connectivity index (χ0v) is 16.9. The van der Waals surface area contributed by atoms with Gasteiger partial charge in [0.1, 0.15) is 30.0 Å². The Morgan fingerprint density at radius 3 is 2.76 bits per heavy atom. The van der Waals surface area contributed by atoms with Crippen LogP contribution in [-0.2, 0) is 7.05 Å². The van der Waals surface area contributed by atoms with E-state index in [1.807, 2.05) is 73.3 Å². The number of hydrogen-bond donors (Lipinski definition) is 2. The molecule has 0 aliphatic heterocycles. The topological polar surface area (TPSA) is 77.4 Å². The van der Waals surface area contributed by atoms with Crippen molar-refractivity contribution >= 4 is 6.03 Å². The van der Waals surface area contributed by atoms with Gasteiger partial charge < -0.3 is 24.7 Å². The third-order valence-corrected chi connectivity index (χ3v) is 4.49. The first-order valence-electron chi connectivity index (χ1n) is 9.42. The van der Waals surface area contributed by atoms with Gasteiger partial charge in [0.25, 0.3) is 0 Å². The highest BCUT2D eigenvalue weighted by atomic mass is 16.5. The van der Waals surface area contributed by atoms with E-state index >= 15 is 0 Å². The zero-order valence-electron chi connectivity index (χ0n) is 16.9. The molecule has 0 saturated heterocycles. The fraction of sp³-hybridized carbons (Fsp3) is 0.273. The molecule has 0 saturated carbocycles. The highest BCUT2D eigenvalue weighted by Crippen LogP contribution is 2.28. The second kappa shape index (κ2) is 9.64. The number of carbonyl (C=O) groups is 1. The first-order chi connectivity index (χ1) is 14.1. The Bertz CT molecular complexity index is 954. The highest BCUT2D eigenvalue weighted by molar-refractivity contribution is 5.75. The van der Waals surface area contributed by atoms with Crippen LogP contribution in [0.4, 0.5) is 4.79 Å². The maximum atomic E-state index is 12.5. The van der Waals surface area contributed by atoms with E-state index in [0.717, 1.165) is 16.9 Å². The van der Waals surface area contributed by atoms with Gasteiger partial charge in [0.2, 0.25) is 0 Å². The van der Waals surface area contributed by atoms with Crippen molar-refractivity contribution in [3.05, 3.63) is 77.9 Å². The molecule has 7 heteroatoms. The summed E-state index contributed by atoms with van der Waals surface area (Å²) in [7, 11) is 3.50. The molecule has 0 bridgehead atoms. The molecule has 1 aromatic heterocycles. The predicted octanol–water partition coefficient (Wildman–Crippen LogP) is 3.20. The average Bonchev–Trinajstić information content (AvgIpc) is 3.15. The summed E-state index contributed by atoms with van der Waals surface area (Å²) in [5.41, 5.74) is 1.96. The van der Waals surface area contributed by atoms with Gasteiger partial charge in [0.15, 0.2) is 0 Å². The number of rotatable bonds is 8. The lowest BCUT2D eigenvalue weighted by Crippen LogP contribution is -2.40. The Morgan fingerprint density at radius 2 is 2.03 bits per heavy atom. The second-order valence-electron chi connectivity index (χ2n) is 6.64. The van der Waals surface area contributed by atoms with Gasteiger partial charge in [-0.1, -0.05) is 30.3 Å². The molecule has 7 nitrogen and oxygen atoms in total. The molecule has 0 aliphatic rings. The van der Waals surface area contributed by atoms with E-state index < -0.39 is 6.04 Å².